The molecule has 1 amide bonds. The molecule has 0 radical (unpaired) electrons. The zero-order valence-electron chi connectivity index (χ0n) is 25.8. The average molecular weight is 580 g/mol. The number of aromatic nitrogens is 2. The molecule has 0 saturated heterocycles. The molecule has 44 heavy (non-hydrogen) atoms. The molecule has 6 aromatic rings. The first kappa shape index (κ1) is 27.1. The number of rotatable bonds is 3. The first-order chi connectivity index (χ1) is 21.2. The van der Waals surface area contributed by atoms with Gasteiger partial charge in [0.15, 0.2) is 0 Å². The second-order valence-electron chi connectivity index (χ2n) is 13.8. The van der Waals surface area contributed by atoms with Gasteiger partial charge in [-0.25, -0.2) is 9.97 Å². The molecular weight excluding hydrogens is 542 g/mol. The van der Waals surface area contributed by atoms with Crippen LogP contribution >= 0.6 is 0 Å². The Morgan fingerprint density at radius 2 is 1.57 bits per heavy atom. The van der Waals surface area contributed by atoms with Crippen LogP contribution in [0.1, 0.15) is 68.4 Å². The van der Waals surface area contributed by atoms with Crippen molar-refractivity contribution in [3.63, 3.8) is 0 Å². The lowest BCUT2D eigenvalue weighted by molar-refractivity contribution is -0.0458. The van der Waals surface area contributed by atoms with Crippen molar-refractivity contribution >= 4 is 49.5 Å². The molecular formula is C39H37N3O2. The van der Waals surface area contributed by atoms with E-state index in [1.54, 1.807) is 0 Å². The van der Waals surface area contributed by atoms with E-state index in [-0.39, 0.29) is 16.9 Å². The molecule has 1 aliphatic heterocycles. The molecule has 5 heteroatoms. The molecule has 5 nitrogen and oxygen atoms in total. The van der Waals surface area contributed by atoms with Gasteiger partial charge in [0.2, 0.25) is 0 Å². The molecule has 1 aliphatic carbocycles. The summed E-state index contributed by atoms with van der Waals surface area (Å²) in [6.07, 6.45) is 3.45. The summed E-state index contributed by atoms with van der Waals surface area (Å²) in [5, 5.41) is 7.55. The summed E-state index contributed by atoms with van der Waals surface area (Å²) in [6, 6.07) is 28.5. The van der Waals surface area contributed by atoms with Crippen LogP contribution in [0, 0.1) is 11.8 Å². The second-order valence-corrected chi connectivity index (χ2v) is 13.8. The Kier molecular flexibility index (Phi) is 6.00. The van der Waals surface area contributed by atoms with Crippen LogP contribution in [0.4, 0.5) is 0 Å². The Morgan fingerprint density at radius 1 is 0.841 bits per heavy atom. The molecule has 2 aliphatic rings. The Labute approximate surface area is 257 Å². The van der Waals surface area contributed by atoms with Crippen LogP contribution in [0.5, 0.6) is 5.75 Å². The van der Waals surface area contributed by atoms with Gasteiger partial charge in [-0.3, -0.25) is 4.79 Å². The van der Waals surface area contributed by atoms with Gasteiger partial charge in [-0.15, -0.1) is 0 Å². The van der Waals surface area contributed by atoms with Crippen molar-refractivity contribution in [1.82, 2.24) is 15.3 Å². The minimum atomic E-state index is -0.281. The largest absolute Gasteiger partial charge is 0.486 e. The van der Waals surface area contributed by atoms with Crippen LogP contribution in [0.15, 0.2) is 84.9 Å². The number of hydrogen-bond acceptors (Lipinski definition) is 4. The summed E-state index contributed by atoms with van der Waals surface area (Å²) in [5.41, 5.74) is 5.81. The topological polar surface area (TPSA) is 64.1 Å². The first-order valence-electron chi connectivity index (χ1n) is 15.8. The number of amides is 1. The van der Waals surface area contributed by atoms with Crippen LogP contribution in [-0.2, 0) is 12.0 Å². The highest BCUT2D eigenvalue weighted by atomic mass is 16.5. The van der Waals surface area contributed by atoms with E-state index in [0.29, 0.717) is 23.9 Å². The van der Waals surface area contributed by atoms with Gasteiger partial charge in [-0.1, -0.05) is 87.0 Å². The van der Waals surface area contributed by atoms with Crippen molar-refractivity contribution in [3.05, 3.63) is 102 Å². The first-order valence-corrected chi connectivity index (χ1v) is 15.8. The van der Waals surface area contributed by atoms with E-state index in [4.69, 9.17) is 14.7 Å². The lowest BCUT2D eigenvalue weighted by Crippen LogP contribution is -2.55. The number of carbonyl (C=O) groups is 1. The molecule has 220 valence electrons. The highest BCUT2D eigenvalue weighted by Gasteiger charge is 2.54. The quantitative estimate of drug-likeness (QED) is 0.168. The van der Waals surface area contributed by atoms with E-state index in [2.05, 4.69) is 81.5 Å². The molecule has 2 heterocycles. The van der Waals surface area contributed by atoms with E-state index in [9.17, 15) is 4.79 Å². The fourth-order valence-corrected chi connectivity index (χ4v) is 8.51. The van der Waals surface area contributed by atoms with Gasteiger partial charge in [0, 0.05) is 39.8 Å². The zero-order valence-corrected chi connectivity index (χ0v) is 25.8. The smallest absolute Gasteiger partial charge is 0.251 e. The van der Waals surface area contributed by atoms with Gasteiger partial charge in [-0.2, -0.15) is 0 Å². The zero-order chi connectivity index (χ0) is 30.2. The third-order valence-corrected chi connectivity index (χ3v) is 10.4. The number of benzene rings is 5. The van der Waals surface area contributed by atoms with Gasteiger partial charge in [0.05, 0.1) is 22.1 Å². The summed E-state index contributed by atoms with van der Waals surface area (Å²) >= 11 is 0. The average Bonchev–Trinajstić information content (AvgIpc) is 3.02. The van der Waals surface area contributed by atoms with Crippen molar-refractivity contribution in [2.75, 3.05) is 0 Å². The number of fused-ring (bicyclic) bond motifs is 10. The normalized spacial score (nSPS) is 22.5. The summed E-state index contributed by atoms with van der Waals surface area (Å²) in [6.45, 7) is 9.77. The molecule has 0 bridgehead atoms. The summed E-state index contributed by atoms with van der Waals surface area (Å²) in [4.78, 5) is 23.9. The molecule has 3 atom stereocenters. The van der Waals surface area contributed by atoms with E-state index < -0.39 is 0 Å². The summed E-state index contributed by atoms with van der Waals surface area (Å²) in [7, 11) is 0. The maximum atomic E-state index is 13.4. The van der Waals surface area contributed by atoms with E-state index in [0.717, 1.165) is 62.4 Å². The maximum absolute atomic E-state index is 13.4. The summed E-state index contributed by atoms with van der Waals surface area (Å²) in [5.74, 6) is 1.85. The minimum Gasteiger partial charge on any atom is -0.486 e. The number of nitrogens with zero attached hydrogens (tertiary/aromatic N) is 2. The van der Waals surface area contributed by atoms with Crippen LogP contribution < -0.4 is 10.1 Å². The van der Waals surface area contributed by atoms with Crippen LogP contribution in [0.25, 0.3) is 43.6 Å². The van der Waals surface area contributed by atoms with Crippen LogP contribution in [0.2, 0.25) is 0 Å². The van der Waals surface area contributed by atoms with Gasteiger partial charge >= 0.3 is 0 Å². The second kappa shape index (κ2) is 9.75. The Morgan fingerprint density at radius 3 is 2.41 bits per heavy atom. The lowest BCUT2D eigenvalue weighted by Gasteiger charge is -2.55. The Bertz CT molecular complexity index is 2130. The molecule has 1 fully saturated rings. The van der Waals surface area contributed by atoms with Crippen molar-refractivity contribution in [1.29, 1.82) is 0 Å². The van der Waals surface area contributed by atoms with Gasteiger partial charge in [0.25, 0.3) is 5.91 Å². The highest BCUT2D eigenvalue weighted by Crippen LogP contribution is 2.59. The molecule has 1 saturated carbocycles. The predicted molar refractivity (Wildman–Crippen MR) is 178 cm³/mol. The van der Waals surface area contributed by atoms with Crippen molar-refractivity contribution < 1.29 is 9.53 Å². The Hall–Kier alpha value is -4.51. The fourth-order valence-electron chi connectivity index (χ4n) is 8.51. The van der Waals surface area contributed by atoms with E-state index >= 15 is 0 Å². The standard InChI is InChI=1S/C39H37N3O2/c1-23-16-19-32-38(2,3)44-36-29-15-8-7-14-28(29)34-35(33(36)39(32,4)21-23)41-30-18-17-25(20-31(30)42-34)37(43)40-22-26-12-9-11-24-10-5-6-13-27(24)26/h5-15,17-18,20,23,32H,16,19,21-22H2,1-4H3,(H,40,43)/t23-,32+,39-/m0/s1. The monoisotopic (exact) mass is 579 g/mol. The van der Waals surface area contributed by atoms with Gasteiger partial charge in [-0.05, 0) is 67.1 Å². The molecule has 8 rings (SSSR count). The Balaban J connectivity index is 1.25. The molecule has 0 unspecified atom stereocenters. The van der Waals surface area contributed by atoms with Gasteiger partial charge in [0.1, 0.15) is 11.4 Å². The predicted octanol–water partition coefficient (Wildman–Crippen LogP) is 8.88. The van der Waals surface area contributed by atoms with Crippen molar-refractivity contribution in [2.24, 2.45) is 11.8 Å². The highest BCUT2D eigenvalue weighted by molar-refractivity contribution is 6.11. The number of nitrogens with one attached hydrogen (secondary N) is 1. The molecule has 1 aromatic heterocycles. The van der Waals surface area contributed by atoms with Crippen molar-refractivity contribution in [2.45, 2.75) is 64.5 Å². The number of ether oxygens (including phenoxy) is 1. The van der Waals surface area contributed by atoms with Crippen molar-refractivity contribution in [3.8, 4) is 5.75 Å². The van der Waals surface area contributed by atoms with E-state index in [1.165, 1.54) is 17.4 Å². The number of carbonyl (C=O) groups excluding carboxylic acids is 1. The maximum Gasteiger partial charge on any atom is 0.251 e. The SMILES string of the molecule is C[C@H]1CC[C@@H]2C(C)(C)Oc3c(c4nc5ccc(C(=O)NCc6cccc7ccccc67)cc5nc4c4ccccc34)[C@@]2(C)C1. The van der Waals surface area contributed by atoms with Crippen LogP contribution in [-0.4, -0.2) is 21.5 Å². The fraction of sp³-hybridized carbons (Fsp3) is 0.308. The minimum absolute atomic E-state index is 0.0825. The van der Waals surface area contributed by atoms with E-state index in [1.807, 2.05) is 36.4 Å². The van der Waals surface area contributed by atoms with Crippen LogP contribution in [0.3, 0.4) is 0 Å². The molecule has 0 spiro atoms. The molecule has 5 aromatic carbocycles. The lowest BCUT2D eigenvalue weighted by atomic mass is 9.55. The number of hydrogen-bond donors (Lipinski definition) is 1. The van der Waals surface area contributed by atoms with Gasteiger partial charge < -0.3 is 10.1 Å². The third-order valence-electron chi connectivity index (χ3n) is 10.4. The third kappa shape index (κ3) is 4.09. The summed E-state index contributed by atoms with van der Waals surface area (Å²) < 4.78 is 6.94. The molecule has 1 N–H and O–H groups in total.